The van der Waals surface area contributed by atoms with Gasteiger partial charge in [-0.3, -0.25) is 9.59 Å². The van der Waals surface area contributed by atoms with Crippen LogP contribution in [0.15, 0.2) is 41.8 Å². The van der Waals surface area contributed by atoms with Crippen LogP contribution >= 0.6 is 11.3 Å². The van der Waals surface area contributed by atoms with E-state index in [9.17, 15) is 9.59 Å². The minimum absolute atomic E-state index is 0.00769. The Balaban J connectivity index is 1.84. The van der Waals surface area contributed by atoms with Gasteiger partial charge in [-0.15, -0.1) is 11.3 Å². The zero-order valence-corrected chi connectivity index (χ0v) is 12.9. The molecular weight excluding hydrogens is 286 g/mol. The van der Waals surface area contributed by atoms with Crippen LogP contribution in [0.1, 0.15) is 22.2 Å². The van der Waals surface area contributed by atoms with Crippen LogP contribution in [0.25, 0.3) is 0 Å². The third kappa shape index (κ3) is 4.43. The number of ether oxygens (including phenoxy) is 1. The van der Waals surface area contributed by atoms with Crippen molar-refractivity contribution in [3.8, 4) is 5.75 Å². The number of carbonyl (C=O) groups excluding carboxylic acids is 2. The zero-order valence-electron chi connectivity index (χ0n) is 12.0. The summed E-state index contributed by atoms with van der Waals surface area (Å²) in [6.07, 6.45) is 0. The lowest BCUT2D eigenvalue weighted by atomic mass is 10.1. The molecule has 21 heavy (non-hydrogen) atoms. The van der Waals surface area contributed by atoms with Crippen molar-refractivity contribution in [1.29, 1.82) is 0 Å². The highest BCUT2D eigenvalue weighted by Crippen LogP contribution is 2.14. The van der Waals surface area contributed by atoms with Crippen LogP contribution in [-0.4, -0.2) is 30.2 Å². The van der Waals surface area contributed by atoms with Gasteiger partial charge < -0.3 is 9.64 Å². The van der Waals surface area contributed by atoms with E-state index < -0.39 is 0 Å². The Labute approximate surface area is 128 Å². The summed E-state index contributed by atoms with van der Waals surface area (Å²) in [5, 5.41) is 1.99. The minimum Gasteiger partial charge on any atom is -0.484 e. The molecule has 0 aliphatic carbocycles. The Hall–Kier alpha value is -2.14. The van der Waals surface area contributed by atoms with Crippen molar-refractivity contribution in [2.45, 2.75) is 13.5 Å². The number of likely N-dealkylation sites (N-methyl/N-ethyl adjacent to an activating group) is 1. The predicted octanol–water partition coefficient (Wildman–Crippen LogP) is 2.99. The van der Waals surface area contributed by atoms with Crippen LogP contribution in [0.2, 0.25) is 0 Å². The molecule has 0 atom stereocenters. The van der Waals surface area contributed by atoms with Gasteiger partial charge in [-0.1, -0.05) is 6.07 Å². The molecule has 1 amide bonds. The molecule has 4 nitrogen and oxygen atoms in total. The number of carbonyl (C=O) groups is 2. The van der Waals surface area contributed by atoms with E-state index in [1.807, 2.05) is 17.5 Å². The Kier molecular flexibility index (Phi) is 5.11. The Morgan fingerprint density at radius 1 is 1.19 bits per heavy atom. The smallest absolute Gasteiger partial charge is 0.260 e. The summed E-state index contributed by atoms with van der Waals surface area (Å²) in [5.74, 6) is 0.505. The minimum atomic E-state index is -0.0842. The number of thiophene rings is 1. The molecule has 0 radical (unpaired) electrons. The summed E-state index contributed by atoms with van der Waals surface area (Å²) in [4.78, 5) is 25.9. The molecule has 1 aromatic heterocycles. The van der Waals surface area contributed by atoms with Gasteiger partial charge in [0.2, 0.25) is 0 Å². The van der Waals surface area contributed by atoms with Gasteiger partial charge in [-0.25, -0.2) is 0 Å². The van der Waals surface area contributed by atoms with Crippen molar-refractivity contribution >= 4 is 23.0 Å². The van der Waals surface area contributed by atoms with Crippen LogP contribution in [0.4, 0.5) is 0 Å². The molecule has 1 aromatic carbocycles. The van der Waals surface area contributed by atoms with Crippen molar-refractivity contribution in [1.82, 2.24) is 4.90 Å². The first kappa shape index (κ1) is 15.3. The number of rotatable bonds is 6. The lowest BCUT2D eigenvalue weighted by molar-refractivity contribution is -0.132. The fourth-order valence-corrected chi connectivity index (χ4v) is 2.52. The van der Waals surface area contributed by atoms with Crippen LogP contribution in [-0.2, 0) is 11.3 Å². The molecule has 0 unspecified atom stereocenters. The third-order valence-electron chi connectivity index (χ3n) is 3.02. The number of hydrogen-bond donors (Lipinski definition) is 0. The molecule has 5 heteroatoms. The zero-order chi connectivity index (χ0) is 15.2. The van der Waals surface area contributed by atoms with Crippen molar-refractivity contribution < 1.29 is 14.3 Å². The number of benzene rings is 1. The van der Waals surface area contributed by atoms with E-state index in [1.165, 1.54) is 6.92 Å². The van der Waals surface area contributed by atoms with Crippen molar-refractivity contribution in [2.24, 2.45) is 0 Å². The first-order valence-electron chi connectivity index (χ1n) is 6.56. The SMILES string of the molecule is CC(=O)c1ccc(OCC(=O)N(C)Cc2cccs2)cc1. The molecule has 0 aliphatic heterocycles. The molecule has 1 heterocycles. The maximum absolute atomic E-state index is 12.0. The van der Waals surface area contributed by atoms with Crippen molar-refractivity contribution in [3.05, 3.63) is 52.2 Å². The molecule has 0 saturated carbocycles. The van der Waals surface area contributed by atoms with Gasteiger partial charge in [0.15, 0.2) is 12.4 Å². The fourth-order valence-electron chi connectivity index (χ4n) is 1.77. The second kappa shape index (κ2) is 7.04. The van der Waals surface area contributed by atoms with Crippen molar-refractivity contribution in [2.75, 3.05) is 13.7 Å². The Bertz CT molecular complexity index is 605. The summed E-state index contributed by atoms with van der Waals surface area (Å²) in [6, 6.07) is 10.7. The van der Waals surface area contributed by atoms with Gasteiger partial charge >= 0.3 is 0 Å². The lowest BCUT2D eigenvalue weighted by Gasteiger charge is -2.16. The maximum Gasteiger partial charge on any atom is 0.260 e. The number of hydrogen-bond acceptors (Lipinski definition) is 4. The Morgan fingerprint density at radius 3 is 2.48 bits per heavy atom. The summed E-state index contributed by atoms with van der Waals surface area (Å²) in [6.45, 7) is 2.09. The standard InChI is InChI=1S/C16H17NO3S/c1-12(18)13-5-7-14(8-6-13)20-11-16(19)17(2)10-15-4-3-9-21-15/h3-9H,10-11H2,1-2H3. The molecule has 0 fully saturated rings. The number of Topliss-reactive ketones (excluding diaryl/α,β-unsaturated/α-hetero) is 1. The first-order valence-corrected chi connectivity index (χ1v) is 7.44. The number of ketones is 1. The first-order chi connectivity index (χ1) is 10.1. The van der Waals surface area contributed by atoms with E-state index >= 15 is 0 Å². The van der Waals surface area contributed by atoms with E-state index in [0.29, 0.717) is 17.9 Å². The average molecular weight is 303 g/mol. The van der Waals surface area contributed by atoms with E-state index in [2.05, 4.69) is 0 Å². The molecule has 110 valence electrons. The van der Waals surface area contributed by atoms with Gasteiger partial charge in [-0.2, -0.15) is 0 Å². The molecule has 0 aliphatic rings. The molecule has 0 spiro atoms. The van der Waals surface area contributed by atoms with Gasteiger partial charge in [0, 0.05) is 17.5 Å². The Morgan fingerprint density at radius 2 is 1.90 bits per heavy atom. The van der Waals surface area contributed by atoms with Crippen LogP contribution in [0, 0.1) is 0 Å². The van der Waals surface area contributed by atoms with E-state index in [1.54, 1.807) is 47.5 Å². The quantitative estimate of drug-likeness (QED) is 0.771. The number of nitrogens with zero attached hydrogens (tertiary/aromatic N) is 1. The average Bonchev–Trinajstić information content (AvgIpc) is 2.98. The summed E-state index contributed by atoms with van der Waals surface area (Å²) in [5.41, 5.74) is 0.628. The highest BCUT2D eigenvalue weighted by atomic mass is 32.1. The molecule has 2 aromatic rings. The maximum atomic E-state index is 12.0. The summed E-state index contributed by atoms with van der Waals surface area (Å²) >= 11 is 1.62. The molecule has 0 N–H and O–H groups in total. The van der Waals surface area contributed by atoms with Crippen LogP contribution in [0.5, 0.6) is 5.75 Å². The van der Waals surface area contributed by atoms with Crippen molar-refractivity contribution in [3.63, 3.8) is 0 Å². The van der Waals surface area contributed by atoms with Crippen LogP contribution in [0.3, 0.4) is 0 Å². The van der Waals surface area contributed by atoms with E-state index in [-0.39, 0.29) is 18.3 Å². The molecule has 2 rings (SSSR count). The van der Waals surface area contributed by atoms with Gasteiger partial charge in [0.25, 0.3) is 5.91 Å². The lowest BCUT2D eigenvalue weighted by Crippen LogP contribution is -2.30. The molecular formula is C16H17NO3S. The fraction of sp³-hybridized carbons (Fsp3) is 0.250. The van der Waals surface area contributed by atoms with E-state index in [0.717, 1.165) is 4.88 Å². The van der Waals surface area contributed by atoms with Crippen LogP contribution < -0.4 is 4.74 Å². The third-order valence-corrected chi connectivity index (χ3v) is 3.88. The normalized spacial score (nSPS) is 10.2. The topological polar surface area (TPSA) is 46.6 Å². The predicted molar refractivity (Wildman–Crippen MR) is 82.7 cm³/mol. The van der Waals surface area contributed by atoms with Gasteiger partial charge in [-0.05, 0) is 42.6 Å². The number of amides is 1. The summed E-state index contributed by atoms with van der Waals surface area (Å²) in [7, 11) is 1.75. The molecule has 0 saturated heterocycles. The van der Waals surface area contributed by atoms with E-state index in [4.69, 9.17) is 4.74 Å². The highest BCUT2D eigenvalue weighted by Gasteiger charge is 2.10. The highest BCUT2D eigenvalue weighted by molar-refractivity contribution is 7.09. The largest absolute Gasteiger partial charge is 0.484 e. The van der Waals surface area contributed by atoms with Gasteiger partial charge in [0.05, 0.1) is 6.54 Å². The van der Waals surface area contributed by atoms with Gasteiger partial charge in [0.1, 0.15) is 5.75 Å². The monoisotopic (exact) mass is 303 g/mol. The second-order valence-corrected chi connectivity index (χ2v) is 5.73. The second-order valence-electron chi connectivity index (χ2n) is 4.70. The molecule has 0 bridgehead atoms. The summed E-state index contributed by atoms with van der Waals surface area (Å²) < 4.78 is 5.44.